The van der Waals surface area contributed by atoms with E-state index in [1.165, 1.54) is 6.08 Å². The average Bonchev–Trinajstić information content (AvgIpc) is 2.32. The second-order valence-corrected chi connectivity index (χ2v) is 2.47. The van der Waals surface area contributed by atoms with Gasteiger partial charge in [0.05, 0.1) is 11.8 Å². The van der Waals surface area contributed by atoms with E-state index in [0.717, 1.165) is 0 Å². The molecule has 0 radical (unpaired) electrons. The maximum absolute atomic E-state index is 10.4. The van der Waals surface area contributed by atoms with Crippen molar-refractivity contribution in [3.05, 3.63) is 12.2 Å². The first-order valence-electron chi connectivity index (χ1n) is 3.25. The normalized spacial score (nSPS) is 28.7. The second-order valence-electron chi connectivity index (χ2n) is 2.47. The lowest BCUT2D eigenvalue weighted by molar-refractivity contribution is -0.151. The van der Waals surface area contributed by atoms with Crippen molar-refractivity contribution in [1.82, 2.24) is 0 Å². The Morgan fingerprint density at radius 2 is 1.91 bits per heavy atom. The van der Waals surface area contributed by atoms with Crippen LogP contribution in [0.2, 0.25) is 0 Å². The Morgan fingerprint density at radius 1 is 1.27 bits per heavy atom. The number of carboxylic acids is 2. The van der Waals surface area contributed by atoms with Crippen molar-refractivity contribution in [2.24, 2.45) is 11.8 Å². The van der Waals surface area contributed by atoms with Crippen molar-refractivity contribution < 1.29 is 19.8 Å². The third-order valence-corrected chi connectivity index (χ3v) is 1.77. The predicted molar refractivity (Wildman–Crippen MR) is 36.0 cm³/mol. The van der Waals surface area contributed by atoms with E-state index in [0.29, 0.717) is 6.42 Å². The molecule has 11 heavy (non-hydrogen) atoms. The fraction of sp³-hybridized carbons (Fsp3) is 0.429. The highest BCUT2D eigenvalue weighted by atomic mass is 16.4. The summed E-state index contributed by atoms with van der Waals surface area (Å²) in [4.78, 5) is 20.8. The molecular weight excluding hydrogens is 148 g/mol. The molecule has 2 N–H and O–H groups in total. The van der Waals surface area contributed by atoms with Crippen LogP contribution in [0.5, 0.6) is 0 Å². The minimum Gasteiger partial charge on any atom is -0.481 e. The van der Waals surface area contributed by atoms with Gasteiger partial charge in [0.15, 0.2) is 0 Å². The minimum atomic E-state index is -1.06. The van der Waals surface area contributed by atoms with Crippen LogP contribution >= 0.6 is 0 Å². The lowest BCUT2D eigenvalue weighted by atomic mass is 9.96. The van der Waals surface area contributed by atoms with Crippen LogP contribution in [-0.4, -0.2) is 22.2 Å². The number of aliphatic carboxylic acids is 2. The molecule has 0 spiro atoms. The summed E-state index contributed by atoms with van der Waals surface area (Å²) in [5, 5.41) is 17.0. The number of hydrogen-bond donors (Lipinski definition) is 2. The number of rotatable bonds is 2. The van der Waals surface area contributed by atoms with Crippen molar-refractivity contribution in [2.75, 3.05) is 0 Å². The van der Waals surface area contributed by atoms with Crippen LogP contribution in [0.15, 0.2) is 12.2 Å². The number of hydrogen-bond acceptors (Lipinski definition) is 2. The molecule has 1 rings (SSSR count). The van der Waals surface area contributed by atoms with E-state index in [1.807, 2.05) is 0 Å². The van der Waals surface area contributed by atoms with Gasteiger partial charge in [-0.3, -0.25) is 9.59 Å². The summed E-state index contributed by atoms with van der Waals surface area (Å²) < 4.78 is 0. The van der Waals surface area contributed by atoms with Gasteiger partial charge in [0.2, 0.25) is 0 Å². The zero-order valence-corrected chi connectivity index (χ0v) is 5.73. The highest BCUT2D eigenvalue weighted by Gasteiger charge is 2.33. The zero-order valence-electron chi connectivity index (χ0n) is 5.73. The summed E-state index contributed by atoms with van der Waals surface area (Å²) in [6.45, 7) is 0. The van der Waals surface area contributed by atoms with Gasteiger partial charge < -0.3 is 10.2 Å². The summed E-state index contributed by atoms with van der Waals surface area (Å²) in [7, 11) is 0. The fourth-order valence-corrected chi connectivity index (χ4v) is 1.16. The first kappa shape index (κ1) is 7.78. The van der Waals surface area contributed by atoms with E-state index in [2.05, 4.69) is 0 Å². The van der Waals surface area contributed by atoms with E-state index in [9.17, 15) is 9.59 Å². The maximum Gasteiger partial charge on any atom is 0.311 e. The van der Waals surface area contributed by atoms with Crippen molar-refractivity contribution in [3.8, 4) is 0 Å². The third-order valence-electron chi connectivity index (χ3n) is 1.77. The number of allylic oxidation sites excluding steroid dienone is 1. The summed E-state index contributed by atoms with van der Waals surface area (Å²) >= 11 is 0. The molecule has 0 bridgehead atoms. The van der Waals surface area contributed by atoms with Crippen LogP contribution in [0.4, 0.5) is 0 Å². The van der Waals surface area contributed by atoms with Crippen LogP contribution in [-0.2, 0) is 9.59 Å². The minimum absolute atomic E-state index is 0.326. The Hall–Kier alpha value is -1.32. The van der Waals surface area contributed by atoms with Crippen LogP contribution in [0.1, 0.15) is 6.42 Å². The molecule has 4 nitrogen and oxygen atoms in total. The van der Waals surface area contributed by atoms with Crippen molar-refractivity contribution in [3.63, 3.8) is 0 Å². The molecule has 0 aromatic carbocycles. The molecular formula is C7H8O4. The summed E-state index contributed by atoms with van der Waals surface area (Å²) in [5.41, 5.74) is 0. The molecule has 60 valence electrons. The third kappa shape index (κ3) is 1.39. The number of carbonyl (C=O) groups is 2. The summed E-state index contributed by atoms with van der Waals surface area (Å²) in [5.74, 6) is -3.71. The molecule has 0 aromatic rings. The summed E-state index contributed by atoms with van der Waals surface area (Å²) in [6, 6.07) is 0. The highest BCUT2D eigenvalue weighted by Crippen LogP contribution is 2.25. The number of carboxylic acid groups (broad SMARTS) is 2. The van der Waals surface area contributed by atoms with E-state index < -0.39 is 23.8 Å². The molecule has 1 aliphatic carbocycles. The van der Waals surface area contributed by atoms with Gasteiger partial charge in [0, 0.05) is 0 Å². The Kier molecular flexibility index (Phi) is 1.94. The SMILES string of the molecule is O=C(O)[C@@H]1C=CC[C@H]1C(=O)O. The van der Waals surface area contributed by atoms with E-state index in [1.54, 1.807) is 6.08 Å². The Labute approximate surface area is 63.1 Å². The Bertz CT molecular complexity index is 218. The van der Waals surface area contributed by atoms with E-state index in [4.69, 9.17) is 10.2 Å². The standard InChI is InChI=1S/C7H8O4/c8-6(9)4-2-1-3-5(4)7(10)11/h1-2,4-5H,3H2,(H,8,9)(H,10,11)/t4-,5-/m1/s1. The van der Waals surface area contributed by atoms with Crippen molar-refractivity contribution >= 4 is 11.9 Å². The Morgan fingerprint density at radius 3 is 2.27 bits per heavy atom. The molecule has 2 atom stereocenters. The average molecular weight is 156 g/mol. The first-order valence-corrected chi connectivity index (χ1v) is 3.25. The molecule has 0 aromatic heterocycles. The molecule has 0 heterocycles. The molecule has 0 saturated carbocycles. The lowest BCUT2D eigenvalue weighted by Crippen LogP contribution is -2.24. The Balaban J connectivity index is 2.71. The quantitative estimate of drug-likeness (QED) is 0.565. The van der Waals surface area contributed by atoms with Gasteiger partial charge in [0.1, 0.15) is 0 Å². The van der Waals surface area contributed by atoms with Crippen LogP contribution < -0.4 is 0 Å². The van der Waals surface area contributed by atoms with Crippen molar-refractivity contribution in [2.45, 2.75) is 6.42 Å². The van der Waals surface area contributed by atoms with Gasteiger partial charge in [0.25, 0.3) is 0 Å². The zero-order chi connectivity index (χ0) is 8.43. The van der Waals surface area contributed by atoms with Gasteiger partial charge >= 0.3 is 11.9 Å². The molecule has 0 amide bonds. The maximum atomic E-state index is 10.4. The highest BCUT2D eigenvalue weighted by molar-refractivity contribution is 5.82. The molecule has 0 saturated heterocycles. The first-order chi connectivity index (χ1) is 5.13. The monoisotopic (exact) mass is 156 g/mol. The molecule has 0 unspecified atom stereocenters. The molecule has 4 heteroatoms. The van der Waals surface area contributed by atoms with Gasteiger partial charge in [-0.1, -0.05) is 12.2 Å². The summed E-state index contributed by atoms with van der Waals surface area (Å²) in [6.07, 6.45) is 3.35. The molecule has 0 fully saturated rings. The molecule has 1 aliphatic rings. The van der Waals surface area contributed by atoms with Crippen LogP contribution in [0.25, 0.3) is 0 Å². The van der Waals surface area contributed by atoms with Gasteiger partial charge in [-0.15, -0.1) is 0 Å². The van der Waals surface area contributed by atoms with E-state index in [-0.39, 0.29) is 0 Å². The van der Waals surface area contributed by atoms with Crippen molar-refractivity contribution in [1.29, 1.82) is 0 Å². The van der Waals surface area contributed by atoms with Gasteiger partial charge in [-0.2, -0.15) is 0 Å². The lowest BCUT2D eigenvalue weighted by Gasteiger charge is -2.08. The van der Waals surface area contributed by atoms with E-state index >= 15 is 0 Å². The van der Waals surface area contributed by atoms with Crippen LogP contribution in [0, 0.1) is 11.8 Å². The topological polar surface area (TPSA) is 74.6 Å². The molecule has 0 aliphatic heterocycles. The smallest absolute Gasteiger partial charge is 0.311 e. The largest absolute Gasteiger partial charge is 0.481 e. The van der Waals surface area contributed by atoms with Crippen LogP contribution in [0.3, 0.4) is 0 Å². The second kappa shape index (κ2) is 2.74. The fourth-order valence-electron chi connectivity index (χ4n) is 1.16. The van der Waals surface area contributed by atoms with Gasteiger partial charge in [-0.25, -0.2) is 0 Å². The van der Waals surface area contributed by atoms with Gasteiger partial charge in [-0.05, 0) is 6.42 Å². The predicted octanol–water partition coefficient (Wildman–Crippen LogP) is 0.348.